The van der Waals surface area contributed by atoms with Crippen molar-refractivity contribution < 1.29 is 4.79 Å². The van der Waals surface area contributed by atoms with E-state index < -0.39 is 0 Å². The standard InChI is InChI=1S/C23H27ClN4OS/c1-15(21(29)25-14-17-8-6-7-9-19(17)24)30-22-27-26-20(28(22)5)16-10-12-18(13-11-16)23(2,3)4/h6-13,15H,14H2,1-5H3,(H,25,29). The fourth-order valence-electron chi connectivity index (χ4n) is 2.97. The second-order valence-electron chi connectivity index (χ2n) is 8.26. The van der Waals surface area contributed by atoms with E-state index >= 15 is 0 Å². The first-order valence-electron chi connectivity index (χ1n) is 9.85. The average molecular weight is 443 g/mol. The zero-order valence-corrected chi connectivity index (χ0v) is 19.5. The highest BCUT2D eigenvalue weighted by Crippen LogP contribution is 2.28. The number of carbonyl (C=O) groups is 1. The van der Waals surface area contributed by atoms with Gasteiger partial charge in [0.2, 0.25) is 5.91 Å². The number of nitrogens with zero attached hydrogens (tertiary/aromatic N) is 3. The third-order valence-corrected chi connectivity index (χ3v) is 6.41. The molecule has 1 unspecified atom stereocenters. The van der Waals surface area contributed by atoms with E-state index in [4.69, 9.17) is 11.6 Å². The third kappa shape index (κ3) is 5.24. The Morgan fingerprint density at radius 1 is 1.13 bits per heavy atom. The molecule has 1 aromatic heterocycles. The molecule has 0 aliphatic heterocycles. The molecule has 1 atom stereocenters. The van der Waals surface area contributed by atoms with Crippen LogP contribution < -0.4 is 5.32 Å². The summed E-state index contributed by atoms with van der Waals surface area (Å²) in [6.07, 6.45) is 0. The number of thioether (sulfide) groups is 1. The maximum Gasteiger partial charge on any atom is 0.233 e. The molecule has 158 valence electrons. The summed E-state index contributed by atoms with van der Waals surface area (Å²) < 4.78 is 1.93. The number of rotatable bonds is 6. The van der Waals surface area contributed by atoms with E-state index in [0.29, 0.717) is 16.7 Å². The van der Waals surface area contributed by atoms with Crippen molar-refractivity contribution >= 4 is 29.3 Å². The maximum atomic E-state index is 12.5. The van der Waals surface area contributed by atoms with E-state index in [1.807, 2.05) is 42.8 Å². The molecule has 0 saturated heterocycles. The number of hydrogen-bond acceptors (Lipinski definition) is 4. The van der Waals surface area contributed by atoms with Crippen molar-refractivity contribution in [1.29, 1.82) is 0 Å². The van der Waals surface area contributed by atoms with E-state index in [0.717, 1.165) is 17.0 Å². The van der Waals surface area contributed by atoms with Crippen LogP contribution in [0.4, 0.5) is 0 Å². The predicted octanol–water partition coefficient (Wildman–Crippen LogP) is 5.23. The van der Waals surface area contributed by atoms with Crippen molar-refractivity contribution in [2.45, 2.75) is 50.1 Å². The van der Waals surface area contributed by atoms with Crippen LogP contribution in [0.15, 0.2) is 53.7 Å². The molecular formula is C23H27ClN4OS. The van der Waals surface area contributed by atoms with E-state index in [9.17, 15) is 4.79 Å². The van der Waals surface area contributed by atoms with Gasteiger partial charge in [-0.15, -0.1) is 10.2 Å². The summed E-state index contributed by atoms with van der Waals surface area (Å²) >= 11 is 7.54. The van der Waals surface area contributed by atoms with Gasteiger partial charge in [0.15, 0.2) is 11.0 Å². The van der Waals surface area contributed by atoms with Crippen LogP contribution in [-0.4, -0.2) is 25.9 Å². The Hall–Kier alpha value is -2.31. The van der Waals surface area contributed by atoms with Crippen LogP contribution in [0.25, 0.3) is 11.4 Å². The monoisotopic (exact) mass is 442 g/mol. The van der Waals surface area contributed by atoms with Gasteiger partial charge in [-0.25, -0.2) is 0 Å². The molecule has 1 heterocycles. The molecule has 0 fully saturated rings. The quantitative estimate of drug-likeness (QED) is 0.531. The normalized spacial score (nSPS) is 12.6. The molecule has 0 saturated carbocycles. The smallest absolute Gasteiger partial charge is 0.233 e. The van der Waals surface area contributed by atoms with E-state index in [1.54, 1.807) is 0 Å². The van der Waals surface area contributed by atoms with Crippen LogP contribution >= 0.6 is 23.4 Å². The second-order valence-corrected chi connectivity index (χ2v) is 9.98. The Morgan fingerprint density at radius 2 is 1.80 bits per heavy atom. The van der Waals surface area contributed by atoms with Gasteiger partial charge in [0, 0.05) is 24.2 Å². The molecule has 0 spiro atoms. The Labute approximate surface area is 187 Å². The van der Waals surface area contributed by atoms with Crippen molar-refractivity contribution in [3.05, 3.63) is 64.7 Å². The minimum atomic E-state index is -0.313. The van der Waals surface area contributed by atoms with Crippen molar-refractivity contribution in [2.75, 3.05) is 0 Å². The lowest BCUT2D eigenvalue weighted by Crippen LogP contribution is -2.30. The summed E-state index contributed by atoms with van der Waals surface area (Å²) in [6, 6.07) is 15.9. The van der Waals surface area contributed by atoms with Crippen molar-refractivity contribution in [1.82, 2.24) is 20.1 Å². The molecule has 0 radical (unpaired) electrons. The molecular weight excluding hydrogens is 416 g/mol. The first-order valence-corrected chi connectivity index (χ1v) is 11.1. The van der Waals surface area contributed by atoms with Gasteiger partial charge in [0.05, 0.1) is 5.25 Å². The molecule has 3 rings (SSSR count). The van der Waals surface area contributed by atoms with Gasteiger partial charge in [-0.05, 0) is 29.5 Å². The predicted molar refractivity (Wildman–Crippen MR) is 124 cm³/mol. The van der Waals surface area contributed by atoms with Gasteiger partial charge in [0.1, 0.15) is 0 Å². The number of nitrogens with one attached hydrogen (secondary N) is 1. The zero-order valence-electron chi connectivity index (χ0n) is 17.9. The van der Waals surface area contributed by atoms with Crippen LogP contribution in [0.5, 0.6) is 0 Å². The first-order chi connectivity index (χ1) is 14.2. The van der Waals surface area contributed by atoms with Crippen molar-refractivity contribution in [2.24, 2.45) is 7.05 Å². The van der Waals surface area contributed by atoms with Crippen LogP contribution in [0.1, 0.15) is 38.8 Å². The summed E-state index contributed by atoms with van der Waals surface area (Å²) in [4.78, 5) is 12.5. The summed E-state index contributed by atoms with van der Waals surface area (Å²) in [5.41, 5.74) is 3.27. The lowest BCUT2D eigenvalue weighted by atomic mass is 9.87. The maximum absolute atomic E-state index is 12.5. The molecule has 7 heteroatoms. The Bertz CT molecular complexity index is 1020. The van der Waals surface area contributed by atoms with E-state index in [2.05, 4.69) is 60.6 Å². The molecule has 2 aromatic carbocycles. The first kappa shape index (κ1) is 22.4. The van der Waals surface area contributed by atoms with Crippen molar-refractivity contribution in [3.8, 4) is 11.4 Å². The van der Waals surface area contributed by atoms with Crippen LogP contribution in [0.2, 0.25) is 5.02 Å². The van der Waals surface area contributed by atoms with Gasteiger partial charge in [-0.2, -0.15) is 0 Å². The number of benzene rings is 2. The summed E-state index contributed by atoms with van der Waals surface area (Å²) in [5.74, 6) is 0.709. The number of carbonyl (C=O) groups excluding carboxylic acids is 1. The summed E-state index contributed by atoms with van der Waals surface area (Å²) in [6.45, 7) is 8.83. The Balaban J connectivity index is 1.65. The number of aromatic nitrogens is 3. The summed E-state index contributed by atoms with van der Waals surface area (Å²) in [7, 11) is 1.92. The fraction of sp³-hybridized carbons (Fsp3) is 0.348. The van der Waals surface area contributed by atoms with Crippen LogP contribution in [0, 0.1) is 0 Å². The fourth-order valence-corrected chi connectivity index (χ4v) is 4.01. The average Bonchev–Trinajstić information content (AvgIpc) is 3.06. The zero-order chi connectivity index (χ0) is 21.9. The van der Waals surface area contributed by atoms with Gasteiger partial charge in [-0.3, -0.25) is 4.79 Å². The Kier molecular flexibility index (Phi) is 6.88. The van der Waals surface area contributed by atoms with E-state index in [-0.39, 0.29) is 16.6 Å². The highest BCUT2D eigenvalue weighted by atomic mass is 35.5. The molecule has 3 aromatic rings. The third-order valence-electron chi connectivity index (χ3n) is 4.91. The number of halogens is 1. The molecule has 30 heavy (non-hydrogen) atoms. The molecule has 5 nitrogen and oxygen atoms in total. The minimum Gasteiger partial charge on any atom is -0.351 e. The molecule has 0 aliphatic rings. The minimum absolute atomic E-state index is 0.0704. The largest absolute Gasteiger partial charge is 0.351 e. The summed E-state index contributed by atoms with van der Waals surface area (Å²) in [5, 5.41) is 12.6. The second kappa shape index (κ2) is 9.23. The number of amides is 1. The lowest BCUT2D eigenvalue weighted by Gasteiger charge is -2.19. The van der Waals surface area contributed by atoms with Crippen LogP contribution in [0.3, 0.4) is 0 Å². The molecule has 0 aliphatic carbocycles. The molecule has 0 bridgehead atoms. The topological polar surface area (TPSA) is 59.8 Å². The highest BCUT2D eigenvalue weighted by Gasteiger charge is 2.20. The lowest BCUT2D eigenvalue weighted by molar-refractivity contribution is -0.120. The molecule has 1 amide bonds. The van der Waals surface area contributed by atoms with Gasteiger partial charge >= 0.3 is 0 Å². The number of hydrogen-bond donors (Lipinski definition) is 1. The van der Waals surface area contributed by atoms with Gasteiger partial charge < -0.3 is 9.88 Å². The SMILES string of the molecule is CC(Sc1nnc(-c2ccc(C(C)(C)C)cc2)n1C)C(=O)NCc1ccccc1Cl. The molecule has 1 N–H and O–H groups in total. The van der Waals surface area contributed by atoms with Crippen LogP contribution in [-0.2, 0) is 23.8 Å². The highest BCUT2D eigenvalue weighted by molar-refractivity contribution is 8.00. The van der Waals surface area contributed by atoms with Crippen molar-refractivity contribution in [3.63, 3.8) is 0 Å². The Morgan fingerprint density at radius 3 is 2.43 bits per heavy atom. The van der Waals surface area contributed by atoms with Gasteiger partial charge in [0.25, 0.3) is 0 Å². The van der Waals surface area contributed by atoms with Gasteiger partial charge in [-0.1, -0.05) is 86.6 Å². The van der Waals surface area contributed by atoms with E-state index in [1.165, 1.54) is 17.3 Å².